The van der Waals surface area contributed by atoms with Crippen molar-refractivity contribution in [3.05, 3.63) is 53.2 Å². The van der Waals surface area contributed by atoms with E-state index >= 15 is 0 Å². The van der Waals surface area contributed by atoms with E-state index < -0.39 is 0 Å². The molecule has 0 N–H and O–H groups in total. The molecule has 0 saturated heterocycles. The van der Waals surface area contributed by atoms with E-state index in [2.05, 4.69) is 16.0 Å². The molecule has 0 bridgehead atoms. The molecule has 134 valence electrons. The van der Waals surface area contributed by atoms with Crippen LogP contribution in [0.4, 0.5) is 0 Å². The number of pyridine rings is 1. The topological polar surface area (TPSA) is 64.0 Å². The molecule has 0 fully saturated rings. The van der Waals surface area contributed by atoms with E-state index in [9.17, 15) is 4.79 Å². The van der Waals surface area contributed by atoms with Gasteiger partial charge in [0.15, 0.2) is 0 Å². The van der Waals surface area contributed by atoms with Gasteiger partial charge in [-0.25, -0.2) is 4.98 Å². The Morgan fingerprint density at radius 2 is 1.96 bits per heavy atom. The van der Waals surface area contributed by atoms with Crippen LogP contribution in [-0.4, -0.2) is 48.8 Å². The number of methoxy groups -OCH3 is 2. The molecule has 2 aliphatic heterocycles. The zero-order valence-corrected chi connectivity index (χ0v) is 14.9. The van der Waals surface area contributed by atoms with Crippen LogP contribution in [0.15, 0.2) is 41.4 Å². The average Bonchev–Trinajstić information content (AvgIpc) is 2.86. The van der Waals surface area contributed by atoms with Crippen LogP contribution in [0.1, 0.15) is 29.3 Å². The first-order valence-electron chi connectivity index (χ1n) is 8.71. The maximum Gasteiger partial charge on any atom is 0.244 e. The lowest BCUT2D eigenvalue weighted by Gasteiger charge is -2.36. The van der Waals surface area contributed by atoms with Crippen molar-refractivity contribution in [1.82, 2.24) is 9.88 Å². The summed E-state index contributed by atoms with van der Waals surface area (Å²) in [5.74, 6) is 1.49. The molecule has 6 nitrogen and oxygen atoms in total. The summed E-state index contributed by atoms with van der Waals surface area (Å²) in [5.41, 5.74) is 3.92. The number of amides is 1. The van der Waals surface area contributed by atoms with Crippen molar-refractivity contribution in [1.29, 1.82) is 0 Å². The fraction of sp³-hybridized carbons (Fsp3) is 0.350. The Balaban J connectivity index is 1.75. The number of carbonyl (C=O) groups is 1. The minimum Gasteiger partial charge on any atom is -0.496 e. The van der Waals surface area contributed by atoms with Gasteiger partial charge in [0.2, 0.25) is 11.8 Å². The Morgan fingerprint density at radius 1 is 1.12 bits per heavy atom. The molecule has 0 saturated carbocycles. The third-order valence-corrected chi connectivity index (χ3v) is 5.07. The summed E-state index contributed by atoms with van der Waals surface area (Å²) in [6.07, 6.45) is 1.43. The molecule has 6 heteroatoms. The summed E-state index contributed by atoms with van der Waals surface area (Å²) in [4.78, 5) is 23.7. The highest BCUT2D eigenvalue weighted by Crippen LogP contribution is 2.38. The van der Waals surface area contributed by atoms with Gasteiger partial charge in [0.25, 0.3) is 0 Å². The smallest absolute Gasteiger partial charge is 0.244 e. The van der Waals surface area contributed by atoms with Crippen molar-refractivity contribution in [3.63, 3.8) is 0 Å². The summed E-state index contributed by atoms with van der Waals surface area (Å²) in [6.45, 7) is 0.842. The normalized spacial score (nSPS) is 19.2. The number of rotatable bonds is 3. The van der Waals surface area contributed by atoms with Crippen LogP contribution in [-0.2, 0) is 11.2 Å². The highest BCUT2D eigenvalue weighted by molar-refractivity contribution is 6.02. The zero-order valence-electron chi connectivity index (χ0n) is 14.9. The molecule has 1 atom stereocenters. The standard InChI is InChI=1S/C20H21N3O3/c1-25-18-7-3-5-13-14(18)9-10-23-17(13)11-16(21-12-20(23)24)15-6-4-8-19(22-15)26-2/h3-8,17H,9-12H2,1-2H3. The Bertz CT molecular complexity index is 878. The number of benzene rings is 1. The maximum atomic E-state index is 12.7. The van der Waals surface area contributed by atoms with E-state index in [0.29, 0.717) is 18.8 Å². The molecule has 0 spiro atoms. The third-order valence-electron chi connectivity index (χ3n) is 5.07. The van der Waals surface area contributed by atoms with Gasteiger partial charge in [-0.1, -0.05) is 18.2 Å². The van der Waals surface area contributed by atoms with Crippen molar-refractivity contribution in [2.75, 3.05) is 27.3 Å². The minimum atomic E-state index is -0.0457. The molecule has 1 amide bonds. The fourth-order valence-corrected chi connectivity index (χ4v) is 3.80. The van der Waals surface area contributed by atoms with E-state index in [-0.39, 0.29) is 18.5 Å². The van der Waals surface area contributed by atoms with Gasteiger partial charge in [0, 0.05) is 24.6 Å². The van der Waals surface area contributed by atoms with Crippen LogP contribution in [0.2, 0.25) is 0 Å². The van der Waals surface area contributed by atoms with Gasteiger partial charge >= 0.3 is 0 Å². The quantitative estimate of drug-likeness (QED) is 0.852. The summed E-state index contributed by atoms with van der Waals surface area (Å²) >= 11 is 0. The minimum absolute atomic E-state index is 0.0457. The average molecular weight is 351 g/mol. The van der Waals surface area contributed by atoms with Gasteiger partial charge in [-0.05, 0) is 24.1 Å². The Morgan fingerprint density at radius 3 is 2.77 bits per heavy atom. The zero-order chi connectivity index (χ0) is 18.1. The largest absolute Gasteiger partial charge is 0.496 e. The van der Waals surface area contributed by atoms with Crippen LogP contribution < -0.4 is 9.47 Å². The summed E-state index contributed by atoms with van der Waals surface area (Å²) in [7, 11) is 3.28. The number of carbonyl (C=O) groups excluding carboxylic acids is 1. The Labute approximate surface area is 152 Å². The Kier molecular flexibility index (Phi) is 4.32. The second-order valence-corrected chi connectivity index (χ2v) is 6.41. The number of aromatic nitrogens is 1. The van der Waals surface area contributed by atoms with Gasteiger partial charge in [0.1, 0.15) is 12.3 Å². The number of aliphatic imine (C=N–C) groups is 1. The van der Waals surface area contributed by atoms with Crippen molar-refractivity contribution in [2.45, 2.75) is 18.9 Å². The Hall–Kier alpha value is -2.89. The second kappa shape index (κ2) is 6.78. The molecular formula is C20H21N3O3. The second-order valence-electron chi connectivity index (χ2n) is 6.41. The van der Waals surface area contributed by atoms with E-state index in [1.54, 1.807) is 20.3 Å². The molecule has 0 radical (unpaired) electrons. The summed E-state index contributed by atoms with van der Waals surface area (Å²) < 4.78 is 10.8. The predicted octanol–water partition coefficient (Wildman–Crippen LogP) is 2.42. The molecule has 2 aromatic rings. The number of fused-ring (bicyclic) bond motifs is 3. The fourth-order valence-electron chi connectivity index (χ4n) is 3.80. The first-order valence-corrected chi connectivity index (χ1v) is 8.71. The lowest BCUT2D eigenvalue weighted by molar-refractivity contribution is -0.132. The lowest BCUT2D eigenvalue weighted by atomic mass is 9.88. The molecule has 26 heavy (non-hydrogen) atoms. The van der Waals surface area contributed by atoms with Gasteiger partial charge in [0.05, 0.1) is 31.7 Å². The van der Waals surface area contributed by atoms with Gasteiger partial charge in [-0.3, -0.25) is 9.79 Å². The SMILES string of the molecule is COc1cccc(C2=NCC(=O)N3CCc4c(OC)cccc4C3C2)n1. The number of ether oxygens (including phenoxy) is 2. The first kappa shape index (κ1) is 16.6. The van der Waals surface area contributed by atoms with Crippen molar-refractivity contribution in [2.24, 2.45) is 4.99 Å². The van der Waals surface area contributed by atoms with Crippen LogP contribution >= 0.6 is 0 Å². The molecule has 2 aliphatic rings. The molecular weight excluding hydrogens is 330 g/mol. The van der Waals surface area contributed by atoms with E-state index in [1.165, 1.54) is 5.56 Å². The highest BCUT2D eigenvalue weighted by atomic mass is 16.5. The molecule has 0 aliphatic carbocycles. The lowest BCUT2D eigenvalue weighted by Crippen LogP contribution is -2.40. The number of hydrogen-bond donors (Lipinski definition) is 0. The van der Waals surface area contributed by atoms with Crippen LogP contribution in [0.25, 0.3) is 0 Å². The van der Waals surface area contributed by atoms with E-state index in [4.69, 9.17) is 9.47 Å². The monoisotopic (exact) mass is 351 g/mol. The van der Waals surface area contributed by atoms with Gasteiger partial charge in [-0.2, -0.15) is 0 Å². The van der Waals surface area contributed by atoms with Crippen molar-refractivity contribution >= 4 is 11.6 Å². The van der Waals surface area contributed by atoms with E-state index in [0.717, 1.165) is 29.1 Å². The molecule has 1 aromatic heterocycles. The van der Waals surface area contributed by atoms with Gasteiger partial charge in [-0.15, -0.1) is 0 Å². The number of nitrogens with zero attached hydrogens (tertiary/aromatic N) is 3. The van der Waals surface area contributed by atoms with Crippen LogP contribution in [0.3, 0.4) is 0 Å². The van der Waals surface area contributed by atoms with Gasteiger partial charge < -0.3 is 14.4 Å². The third kappa shape index (κ3) is 2.81. The molecule has 3 heterocycles. The van der Waals surface area contributed by atoms with Crippen LogP contribution in [0.5, 0.6) is 11.6 Å². The van der Waals surface area contributed by atoms with E-state index in [1.807, 2.05) is 29.2 Å². The first-order chi connectivity index (χ1) is 12.7. The highest BCUT2D eigenvalue weighted by Gasteiger charge is 2.35. The summed E-state index contributed by atoms with van der Waals surface area (Å²) in [6, 6.07) is 11.6. The van der Waals surface area contributed by atoms with Crippen molar-refractivity contribution < 1.29 is 14.3 Å². The molecule has 1 aromatic carbocycles. The number of hydrogen-bond acceptors (Lipinski definition) is 5. The molecule has 1 unspecified atom stereocenters. The van der Waals surface area contributed by atoms with Crippen molar-refractivity contribution in [3.8, 4) is 11.6 Å². The van der Waals surface area contributed by atoms with Crippen LogP contribution in [0, 0.1) is 0 Å². The predicted molar refractivity (Wildman–Crippen MR) is 98.0 cm³/mol. The maximum absolute atomic E-state index is 12.7. The molecule has 4 rings (SSSR count). The summed E-state index contributed by atoms with van der Waals surface area (Å²) in [5, 5.41) is 0.